The Morgan fingerprint density at radius 3 is 2.79 bits per heavy atom. The van der Waals surface area contributed by atoms with Crippen molar-refractivity contribution in [3.63, 3.8) is 0 Å². The summed E-state index contributed by atoms with van der Waals surface area (Å²) in [6, 6.07) is 0. The number of aryl methyl sites for hydroxylation is 1. The van der Waals surface area contributed by atoms with Crippen molar-refractivity contribution in [3.05, 3.63) is 16.1 Å². The van der Waals surface area contributed by atoms with Crippen LogP contribution in [0.4, 0.5) is 0 Å². The summed E-state index contributed by atoms with van der Waals surface area (Å²) < 4.78 is 0. The Bertz CT molecular complexity index is 480. The molecule has 1 aliphatic rings. The third kappa shape index (κ3) is 3.32. The number of carbonyl (C=O) groups excluding carboxylic acids is 1. The van der Waals surface area contributed by atoms with Crippen molar-refractivity contribution >= 4 is 23.2 Å². The van der Waals surface area contributed by atoms with E-state index in [1.165, 1.54) is 11.3 Å². The van der Waals surface area contributed by atoms with Gasteiger partial charge in [0.2, 0.25) is 0 Å². The van der Waals surface area contributed by atoms with E-state index in [9.17, 15) is 9.59 Å². The van der Waals surface area contributed by atoms with Crippen LogP contribution in [0.3, 0.4) is 0 Å². The highest BCUT2D eigenvalue weighted by Crippen LogP contribution is 2.35. The highest BCUT2D eigenvalue weighted by Gasteiger charge is 2.40. The Balaban J connectivity index is 2.00. The standard InChI is InChI=1S/C13H18N2O3S/c1-2-4-10-14-8-9(19-10)12(18)15-13(5-3-6-13)7-11(16)17/h8H,2-7H2,1H3,(H,15,18)(H,16,17). The summed E-state index contributed by atoms with van der Waals surface area (Å²) in [5.74, 6) is -1.06. The van der Waals surface area contributed by atoms with Gasteiger partial charge in [-0.2, -0.15) is 0 Å². The molecule has 19 heavy (non-hydrogen) atoms. The van der Waals surface area contributed by atoms with Gasteiger partial charge in [0, 0.05) is 0 Å². The van der Waals surface area contributed by atoms with Crippen LogP contribution in [0.1, 0.15) is 53.7 Å². The van der Waals surface area contributed by atoms with E-state index >= 15 is 0 Å². The van der Waals surface area contributed by atoms with E-state index in [4.69, 9.17) is 5.11 Å². The molecule has 1 aliphatic carbocycles. The molecule has 0 radical (unpaired) electrons. The second kappa shape index (κ2) is 5.69. The molecule has 1 fully saturated rings. The molecule has 1 aromatic heterocycles. The molecular formula is C13H18N2O3S. The summed E-state index contributed by atoms with van der Waals surface area (Å²) in [5, 5.41) is 12.7. The molecule has 0 atom stereocenters. The first-order valence-corrected chi connectivity index (χ1v) is 7.35. The highest BCUT2D eigenvalue weighted by molar-refractivity contribution is 7.13. The van der Waals surface area contributed by atoms with E-state index in [1.807, 2.05) is 0 Å². The average Bonchev–Trinajstić information content (AvgIpc) is 2.74. The minimum Gasteiger partial charge on any atom is -0.481 e. The molecule has 0 unspecified atom stereocenters. The lowest BCUT2D eigenvalue weighted by atomic mass is 9.74. The molecular weight excluding hydrogens is 264 g/mol. The molecule has 0 spiro atoms. The topological polar surface area (TPSA) is 79.3 Å². The van der Waals surface area contributed by atoms with Crippen molar-refractivity contribution in [3.8, 4) is 0 Å². The number of carbonyl (C=O) groups is 2. The van der Waals surface area contributed by atoms with Gasteiger partial charge in [-0.3, -0.25) is 9.59 Å². The van der Waals surface area contributed by atoms with Gasteiger partial charge >= 0.3 is 5.97 Å². The van der Waals surface area contributed by atoms with Crippen LogP contribution in [-0.4, -0.2) is 27.5 Å². The van der Waals surface area contributed by atoms with Gasteiger partial charge in [0.1, 0.15) is 4.88 Å². The molecule has 1 amide bonds. The first-order valence-electron chi connectivity index (χ1n) is 6.54. The lowest BCUT2D eigenvalue weighted by Gasteiger charge is -2.41. The molecule has 1 saturated carbocycles. The van der Waals surface area contributed by atoms with Gasteiger partial charge in [-0.15, -0.1) is 11.3 Å². The summed E-state index contributed by atoms with van der Waals surface area (Å²) >= 11 is 1.39. The van der Waals surface area contributed by atoms with Crippen molar-refractivity contribution in [2.24, 2.45) is 0 Å². The fourth-order valence-electron chi connectivity index (χ4n) is 2.29. The zero-order valence-corrected chi connectivity index (χ0v) is 11.8. The lowest BCUT2D eigenvalue weighted by Crippen LogP contribution is -2.54. The molecule has 2 N–H and O–H groups in total. The van der Waals surface area contributed by atoms with E-state index in [1.54, 1.807) is 6.20 Å². The maximum Gasteiger partial charge on any atom is 0.305 e. The SMILES string of the molecule is CCCc1ncc(C(=O)NC2(CC(=O)O)CCC2)s1. The molecule has 104 valence electrons. The number of nitrogens with one attached hydrogen (secondary N) is 1. The lowest BCUT2D eigenvalue weighted by molar-refractivity contribution is -0.139. The smallest absolute Gasteiger partial charge is 0.305 e. The molecule has 2 rings (SSSR count). The van der Waals surface area contributed by atoms with Crippen molar-refractivity contribution in [2.45, 2.75) is 51.0 Å². The van der Waals surface area contributed by atoms with Crippen molar-refractivity contribution < 1.29 is 14.7 Å². The minimum atomic E-state index is -0.865. The van der Waals surface area contributed by atoms with Crippen LogP contribution < -0.4 is 5.32 Å². The number of thiazole rings is 1. The van der Waals surface area contributed by atoms with Crippen LogP contribution in [0.2, 0.25) is 0 Å². The fourth-order valence-corrected chi connectivity index (χ4v) is 3.20. The van der Waals surface area contributed by atoms with Crippen LogP contribution in [0.25, 0.3) is 0 Å². The van der Waals surface area contributed by atoms with Crippen LogP contribution in [0.15, 0.2) is 6.20 Å². The quantitative estimate of drug-likeness (QED) is 0.838. The Labute approximate surface area is 116 Å². The highest BCUT2D eigenvalue weighted by atomic mass is 32.1. The molecule has 6 heteroatoms. The minimum absolute atomic E-state index is 0.000634. The number of amides is 1. The van der Waals surface area contributed by atoms with Crippen LogP contribution >= 0.6 is 11.3 Å². The molecule has 1 heterocycles. The summed E-state index contributed by atoms with van der Waals surface area (Å²) in [5.41, 5.74) is -0.544. The molecule has 0 bridgehead atoms. The number of carboxylic acid groups (broad SMARTS) is 1. The second-order valence-corrected chi connectivity index (χ2v) is 6.14. The number of hydrogen-bond donors (Lipinski definition) is 2. The predicted octanol–water partition coefficient (Wildman–Crippen LogP) is 2.22. The summed E-state index contributed by atoms with van der Waals surface area (Å²) in [7, 11) is 0. The maximum absolute atomic E-state index is 12.1. The van der Waals surface area contributed by atoms with Gasteiger partial charge < -0.3 is 10.4 Å². The Morgan fingerprint density at radius 2 is 2.26 bits per heavy atom. The number of hydrogen-bond acceptors (Lipinski definition) is 4. The molecule has 0 saturated heterocycles. The van der Waals surface area contributed by atoms with Gasteiger partial charge in [0.05, 0.1) is 23.2 Å². The Kier molecular flexibility index (Phi) is 4.19. The number of aromatic nitrogens is 1. The first kappa shape index (κ1) is 14.0. The van der Waals surface area contributed by atoms with E-state index in [2.05, 4.69) is 17.2 Å². The Hall–Kier alpha value is -1.43. The maximum atomic E-state index is 12.1. The monoisotopic (exact) mass is 282 g/mol. The third-order valence-electron chi connectivity index (χ3n) is 3.42. The number of aliphatic carboxylic acids is 1. The van der Waals surface area contributed by atoms with Gasteiger partial charge in [-0.05, 0) is 32.1 Å². The number of nitrogens with zero attached hydrogens (tertiary/aromatic N) is 1. The van der Waals surface area contributed by atoms with Crippen molar-refractivity contribution in [1.29, 1.82) is 0 Å². The Morgan fingerprint density at radius 1 is 1.53 bits per heavy atom. The molecule has 0 aliphatic heterocycles. The molecule has 0 aromatic carbocycles. The summed E-state index contributed by atoms with van der Waals surface area (Å²) in [4.78, 5) is 27.7. The van der Waals surface area contributed by atoms with Crippen molar-refractivity contribution in [2.75, 3.05) is 0 Å². The molecule has 5 nitrogen and oxygen atoms in total. The van der Waals surface area contributed by atoms with Crippen LogP contribution in [-0.2, 0) is 11.2 Å². The van der Waals surface area contributed by atoms with Crippen LogP contribution in [0.5, 0.6) is 0 Å². The predicted molar refractivity (Wildman–Crippen MR) is 72.4 cm³/mol. The zero-order valence-electron chi connectivity index (χ0n) is 10.9. The van der Waals surface area contributed by atoms with E-state index in [-0.39, 0.29) is 12.3 Å². The zero-order chi connectivity index (χ0) is 13.9. The average molecular weight is 282 g/mol. The van der Waals surface area contributed by atoms with Gasteiger partial charge in [-0.25, -0.2) is 4.98 Å². The summed E-state index contributed by atoms with van der Waals surface area (Å²) in [6.07, 6.45) is 5.90. The van der Waals surface area contributed by atoms with Gasteiger partial charge in [0.25, 0.3) is 5.91 Å². The van der Waals surface area contributed by atoms with E-state index in [0.717, 1.165) is 37.1 Å². The number of carboxylic acids is 1. The fraction of sp³-hybridized carbons (Fsp3) is 0.615. The van der Waals surface area contributed by atoms with E-state index < -0.39 is 11.5 Å². The first-order chi connectivity index (χ1) is 9.04. The van der Waals surface area contributed by atoms with Crippen molar-refractivity contribution in [1.82, 2.24) is 10.3 Å². The second-order valence-electron chi connectivity index (χ2n) is 5.03. The molecule has 1 aromatic rings. The third-order valence-corrected chi connectivity index (χ3v) is 4.48. The van der Waals surface area contributed by atoms with Gasteiger partial charge in [-0.1, -0.05) is 6.92 Å². The largest absolute Gasteiger partial charge is 0.481 e. The van der Waals surface area contributed by atoms with E-state index in [0.29, 0.717) is 4.88 Å². The number of rotatable bonds is 6. The van der Waals surface area contributed by atoms with Crippen LogP contribution in [0, 0.1) is 0 Å². The summed E-state index contributed by atoms with van der Waals surface area (Å²) in [6.45, 7) is 2.07. The normalized spacial score (nSPS) is 16.7. The van der Waals surface area contributed by atoms with Gasteiger partial charge in [0.15, 0.2) is 0 Å².